The quantitative estimate of drug-likeness (QED) is 0.623. The SMILES string of the molecule is CCC[C@@H]1OC[C@H](O)[C@H]([C@H](O)C(=O)CN(Cc2ccccc2)Cc2ccccc2)O1. The van der Waals surface area contributed by atoms with E-state index in [1.165, 1.54) is 0 Å². The Balaban J connectivity index is 1.68. The molecule has 0 spiro atoms. The number of hydrogen-bond acceptors (Lipinski definition) is 6. The Morgan fingerprint density at radius 3 is 2.17 bits per heavy atom. The molecule has 0 aliphatic carbocycles. The first-order chi connectivity index (χ1) is 14.6. The molecule has 2 N–H and O–H groups in total. The van der Waals surface area contributed by atoms with E-state index in [4.69, 9.17) is 9.47 Å². The first kappa shape index (κ1) is 22.6. The van der Waals surface area contributed by atoms with Crippen molar-refractivity contribution < 1.29 is 24.5 Å². The lowest BCUT2D eigenvalue weighted by Crippen LogP contribution is -2.53. The highest BCUT2D eigenvalue weighted by Crippen LogP contribution is 2.20. The number of ether oxygens (including phenoxy) is 2. The molecule has 1 aliphatic rings. The minimum atomic E-state index is -1.41. The molecule has 0 radical (unpaired) electrons. The van der Waals surface area contributed by atoms with Gasteiger partial charge in [-0.05, 0) is 17.5 Å². The van der Waals surface area contributed by atoms with E-state index in [0.717, 1.165) is 17.5 Å². The first-order valence-corrected chi connectivity index (χ1v) is 10.5. The largest absolute Gasteiger partial charge is 0.388 e. The van der Waals surface area contributed by atoms with Crippen molar-refractivity contribution in [2.45, 2.75) is 57.5 Å². The Morgan fingerprint density at radius 2 is 1.63 bits per heavy atom. The van der Waals surface area contributed by atoms with E-state index in [1.54, 1.807) is 0 Å². The normalized spacial score (nSPS) is 22.7. The number of Topliss-reactive ketones (excluding diaryl/α,β-unsaturated/α-hetero) is 1. The molecule has 1 fully saturated rings. The minimum absolute atomic E-state index is 0.0524. The molecule has 0 aromatic heterocycles. The maximum atomic E-state index is 12.9. The fourth-order valence-electron chi connectivity index (χ4n) is 3.63. The molecule has 2 aromatic rings. The van der Waals surface area contributed by atoms with Gasteiger partial charge in [-0.1, -0.05) is 74.0 Å². The van der Waals surface area contributed by atoms with Crippen LogP contribution >= 0.6 is 0 Å². The van der Waals surface area contributed by atoms with Crippen molar-refractivity contribution >= 4 is 5.78 Å². The predicted molar refractivity (Wildman–Crippen MR) is 114 cm³/mol. The van der Waals surface area contributed by atoms with Crippen LogP contribution in [0.4, 0.5) is 0 Å². The zero-order valence-electron chi connectivity index (χ0n) is 17.4. The van der Waals surface area contributed by atoms with Crippen LogP contribution in [0.2, 0.25) is 0 Å². The summed E-state index contributed by atoms with van der Waals surface area (Å²) in [5, 5.41) is 20.9. The Kier molecular flexibility index (Phi) is 8.54. The average molecular weight is 414 g/mol. The lowest BCUT2D eigenvalue weighted by molar-refractivity contribution is -0.269. The van der Waals surface area contributed by atoms with Gasteiger partial charge in [0.25, 0.3) is 0 Å². The number of benzene rings is 2. The number of ketones is 1. The van der Waals surface area contributed by atoms with Gasteiger partial charge in [0.2, 0.25) is 0 Å². The van der Waals surface area contributed by atoms with Gasteiger partial charge in [-0.25, -0.2) is 0 Å². The molecule has 2 aromatic carbocycles. The standard InChI is InChI=1S/C24H31NO5/c1-2-9-22-29-17-21(27)24(30-22)23(28)20(26)16-25(14-18-10-5-3-6-11-18)15-19-12-7-4-8-13-19/h3-8,10-13,21-24,27-28H,2,9,14-17H2,1H3/t21-,22+,23+,24+/m0/s1. The molecular weight excluding hydrogens is 382 g/mol. The summed E-state index contributed by atoms with van der Waals surface area (Å²) in [6.45, 7) is 3.25. The van der Waals surface area contributed by atoms with Crippen LogP contribution in [0.15, 0.2) is 60.7 Å². The topological polar surface area (TPSA) is 79.2 Å². The molecule has 1 heterocycles. The van der Waals surface area contributed by atoms with Gasteiger partial charge in [0.15, 0.2) is 12.1 Å². The zero-order valence-corrected chi connectivity index (χ0v) is 17.4. The number of nitrogens with zero attached hydrogens (tertiary/aromatic N) is 1. The molecule has 4 atom stereocenters. The lowest BCUT2D eigenvalue weighted by atomic mass is 10.0. The fraction of sp³-hybridized carbons (Fsp3) is 0.458. The van der Waals surface area contributed by atoms with Crippen LogP contribution in [0.3, 0.4) is 0 Å². The summed E-state index contributed by atoms with van der Waals surface area (Å²) < 4.78 is 11.1. The third kappa shape index (κ3) is 6.45. The van der Waals surface area contributed by atoms with Crippen molar-refractivity contribution in [3.05, 3.63) is 71.8 Å². The molecule has 1 aliphatic heterocycles. The van der Waals surface area contributed by atoms with Gasteiger partial charge in [0, 0.05) is 13.1 Å². The first-order valence-electron chi connectivity index (χ1n) is 10.5. The second-order valence-corrected chi connectivity index (χ2v) is 7.75. The molecule has 0 amide bonds. The van der Waals surface area contributed by atoms with E-state index in [0.29, 0.717) is 19.5 Å². The number of hydrogen-bond donors (Lipinski definition) is 2. The third-order valence-electron chi connectivity index (χ3n) is 5.18. The maximum Gasteiger partial charge on any atom is 0.177 e. The Labute approximate surface area is 178 Å². The van der Waals surface area contributed by atoms with Gasteiger partial charge in [-0.3, -0.25) is 9.69 Å². The summed E-state index contributed by atoms with van der Waals surface area (Å²) in [5.74, 6) is -0.372. The van der Waals surface area contributed by atoms with Crippen LogP contribution in [0, 0.1) is 0 Å². The van der Waals surface area contributed by atoms with Gasteiger partial charge in [-0.15, -0.1) is 0 Å². The summed E-state index contributed by atoms with van der Waals surface area (Å²) in [6, 6.07) is 19.8. The summed E-state index contributed by atoms with van der Waals surface area (Å²) in [4.78, 5) is 14.9. The molecule has 0 bridgehead atoms. The highest BCUT2D eigenvalue weighted by Gasteiger charge is 2.38. The smallest absolute Gasteiger partial charge is 0.177 e. The van der Waals surface area contributed by atoms with E-state index < -0.39 is 24.6 Å². The monoisotopic (exact) mass is 413 g/mol. The molecule has 0 unspecified atom stereocenters. The van der Waals surface area contributed by atoms with Crippen molar-refractivity contribution in [2.24, 2.45) is 0 Å². The molecule has 3 rings (SSSR count). The van der Waals surface area contributed by atoms with Gasteiger partial charge in [-0.2, -0.15) is 0 Å². The zero-order chi connectivity index (χ0) is 21.3. The van der Waals surface area contributed by atoms with Crippen molar-refractivity contribution in [3.63, 3.8) is 0 Å². The van der Waals surface area contributed by atoms with E-state index in [9.17, 15) is 15.0 Å². The van der Waals surface area contributed by atoms with Gasteiger partial charge in [0.1, 0.15) is 18.3 Å². The van der Waals surface area contributed by atoms with Crippen LogP contribution in [-0.4, -0.2) is 58.6 Å². The maximum absolute atomic E-state index is 12.9. The van der Waals surface area contributed by atoms with E-state index in [1.807, 2.05) is 72.5 Å². The van der Waals surface area contributed by atoms with Crippen LogP contribution in [0.5, 0.6) is 0 Å². The Hall–Kier alpha value is -2.09. The van der Waals surface area contributed by atoms with E-state index in [-0.39, 0.29) is 18.9 Å². The summed E-state index contributed by atoms with van der Waals surface area (Å²) in [6.07, 6.45) is -2.42. The third-order valence-corrected chi connectivity index (χ3v) is 5.18. The Bertz CT molecular complexity index is 728. The molecule has 6 heteroatoms. The van der Waals surface area contributed by atoms with Crippen LogP contribution in [-0.2, 0) is 27.4 Å². The molecule has 162 valence electrons. The molecular formula is C24H31NO5. The van der Waals surface area contributed by atoms with Gasteiger partial charge in [0.05, 0.1) is 13.2 Å². The second-order valence-electron chi connectivity index (χ2n) is 7.75. The predicted octanol–water partition coefficient (Wildman–Crippen LogP) is 2.52. The highest BCUT2D eigenvalue weighted by atomic mass is 16.7. The lowest BCUT2D eigenvalue weighted by Gasteiger charge is -2.36. The summed E-state index contributed by atoms with van der Waals surface area (Å²) in [5.41, 5.74) is 2.17. The number of carbonyl (C=O) groups excluding carboxylic acids is 1. The molecule has 0 saturated carbocycles. The summed E-state index contributed by atoms with van der Waals surface area (Å²) in [7, 11) is 0. The number of aliphatic hydroxyl groups excluding tert-OH is 2. The van der Waals surface area contributed by atoms with Crippen LogP contribution in [0.1, 0.15) is 30.9 Å². The number of aliphatic hydroxyl groups is 2. The Morgan fingerprint density at radius 1 is 1.07 bits per heavy atom. The van der Waals surface area contributed by atoms with E-state index >= 15 is 0 Å². The van der Waals surface area contributed by atoms with Crippen LogP contribution in [0.25, 0.3) is 0 Å². The number of rotatable bonds is 10. The van der Waals surface area contributed by atoms with Crippen molar-refractivity contribution in [3.8, 4) is 0 Å². The highest BCUT2D eigenvalue weighted by molar-refractivity contribution is 5.85. The molecule has 6 nitrogen and oxygen atoms in total. The van der Waals surface area contributed by atoms with Gasteiger partial charge >= 0.3 is 0 Å². The fourth-order valence-corrected chi connectivity index (χ4v) is 3.63. The van der Waals surface area contributed by atoms with Crippen molar-refractivity contribution in [2.75, 3.05) is 13.2 Å². The summed E-state index contributed by atoms with van der Waals surface area (Å²) >= 11 is 0. The van der Waals surface area contributed by atoms with E-state index in [2.05, 4.69) is 0 Å². The van der Waals surface area contributed by atoms with Crippen LogP contribution < -0.4 is 0 Å². The average Bonchev–Trinajstić information content (AvgIpc) is 2.76. The number of carbonyl (C=O) groups is 1. The minimum Gasteiger partial charge on any atom is -0.388 e. The van der Waals surface area contributed by atoms with Crippen molar-refractivity contribution in [1.29, 1.82) is 0 Å². The van der Waals surface area contributed by atoms with Gasteiger partial charge < -0.3 is 19.7 Å². The van der Waals surface area contributed by atoms with Crippen molar-refractivity contribution in [1.82, 2.24) is 4.90 Å². The molecule has 1 saturated heterocycles. The second kappa shape index (κ2) is 11.3. The molecule has 30 heavy (non-hydrogen) atoms.